The lowest BCUT2D eigenvalue weighted by molar-refractivity contribution is -0.144. The summed E-state index contributed by atoms with van der Waals surface area (Å²) in [6, 6.07) is 5.56. The molecule has 0 radical (unpaired) electrons. The standard InChI is InChI=1S/C41H53N7O8/c49-38(15-28-9-26(16-45-18-28)12-35(39(50)51)31-1-4-42-21-31)48(25-30-10-27(17-46-20-30)13-36(40(52)53)32-2-5-43-22-32)7-8-56-34-11-29(19-47-24-34)14-37(41(54)55)33-3-6-44-23-33/h9-11,16-20,24,31-33,35-37,42-44H,1-8,12-15,21-23,25H2,(H,50,51)(H,52,53)(H,54,55)/t31-,32-,33-,35-,36-,37-/m0/s1. The number of hydrogen-bond acceptors (Lipinski definition) is 11. The zero-order valence-electron chi connectivity index (χ0n) is 31.6. The van der Waals surface area contributed by atoms with E-state index in [0.717, 1.165) is 61.2 Å². The zero-order chi connectivity index (χ0) is 39.4. The molecule has 0 spiro atoms. The van der Waals surface area contributed by atoms with Gasteiger partial charge < -0.3 is 40.9 Å². The highest BCUT2D eigenvalue weighted by Crippen LogP contribution is 2.27. The van der Waals surface area contributed by atoms with Crippen LogP contribution >= 0.6 is 0 Å². The SMILES string of the molecule is O=C(O)[C@@H](Cc1cncc(CC(=O)N(CCOc2cncc(C[C@H](C(=O)O)[C@H]3CCNC3)c2)Cc2cncc(C[C@H](C(=O)O)[C@H]3CCNC3)c2)c1)[C@H]1CCNC1. The lowest BCUT2D eigenvalue weighted by Crippen LogP contribution is -2.35. The van der Waals surface area contributed by atoms with E-state index in [9.17, 15) is 34.5 Å². The number of hydrogen-bond donors (Lipinski definition) is 6. The van der Waals surface area contributed by atoms with E-state index in [1.54, 1.807) is 48.1 Å². The molecule has 6 heterocycles. The van der Waals surface area contributed by atoms with Gasteiger partial charge in [0.15, 0.2) is 0 Å². The van der Waals surface area contributed by atoms with E-state index in [1.807, 2.05) is 12.1 Å². The van der Waals surface area contributed by atoms with Crippen LogP contribution in [0.1, 0.15) is 47.1 Å². The second kappa shape index (κ2) is 19.7. The lowest BCUT2D eigenvalue weighted by Gasteiger charge is -2.24. The van der Waals surface area contributed by atoms with Crippen LogP contribution < -0.4 is 20.7 Å². The molecule has 300 valence electrons. The Hall–Kier alpha value is -4.99. The highest BCUT2D eigenvalue weighted by molar-refractivity contribution is 5.79. The number of carbonyl (C=O) groups is 4. The fraction of sp³-hybridized carbons (Fsp3) is 0.537. The van der Waals surface area contributed by atoms with Crippen LogP contribution in [0.15, 0.2) is 55.4 Å². The molecular weight excluding hydrogens is 718 g/mol. The smallest absolute Gasteiger partial charge is 0.307 e. The predicted octanol–water partition coefficient (Wildman–Crippen LogP) is 2.08. The number of nitrogens with one attached hydrogen (secondary N) is 3. The molecule has 0 aromatic carbocycles. The van der Waals surface area contributed by atoms with Crippen LogP contribution in [-0.4, -0.2) is 111 Å². The number of pyridine rings is 3. The predicted molar refractivity (Wildman–Crippen MR) is 205 cm³/mol. The minimum atomic E-state index is -0.842. The van der Waals surface area contributed by atoms with Crippen LogP contribution in [0.3, 0.4) is 0 Å². The molecule has 6 N–H and O–H groups in total. The van der Waals surface area contributed by atoms with Gasteiger partial charge in [-0.3, -0.25) is 34.1 Å². The minimum absolute atomic E-state index is 0.0239. The number of carboxylic acid groups (broad SMARTS) is 3. The Morgan fingerprint density at radius 2 is 1.05 bits per heavy atom. The molecule has 1 amide bonds. The summed E-state index contributed by atoms with van der Waals surface area (Å²) in [5.74, 6) is -3.80. The maximum atomic E-state index is 14.1. The summed E-state index contributed by atoms with van der Waals surface area (Å²) < 4.78 is 6.10. The molecule has 3 aromatic heterocycles. The van der Waals surface area contributed by atoms with Crippen molar-refractivity contribution in [1.82, 2.24) is 35.8 Å². The van der Waals surface area contributed by atoms with Gasteiger partial charge in [0.1, 0.15) is 12.4 Å². The average molecular weight is 772 g/mol. The van der Waals surface area contributed by atoms with Gasteiger partial charge in [-0.15, -0.1) is 0 Å². The molecule has 0 bridgehead atoms. The van der Waals surface area contributed by atoms with Crippen LogP contribution in [0.2, 0.25) is 0 Å². The third-order valence-electron chi connectivity index (χ3n) is 11.5. The van der Waals surface area contributed by atoms with Crippen LogP contribution in [0.25, 0.3) is 0 Å². The number of amides is 1. The molecule has 3 fully saturated rings. The Morgan fingerprint density at radius 1 is 0.625 bits per heavy atom. The molecule has 0 saturated carbocycles. The van der Waals surface area contributed by atoms with E-state index in [0.29, 0.717) is 50.2 Å². The van der Waals surface area contributed by atoms with Crippen LogP contribution in [0.5, 0.6) is 5.75 Å². The molecule has 3 saturated heterocycles. The molecule has 6 atom stereocenters. The summed E-state index contributed by atoms with van der Waals surface area (Å²) in [6.07, 6.45) is 13.3. The Morgan fingerprint density at radius 3 is 1.52 bits per heavy atom. The second-order valence-corrected chi connectivity index (χ2v) is 15.5. The summed E-state index contributed by atoms with van der Waals surface area (Å²) in [5, 5.41) is 39.6. The number of rotatable bonds is 20. The van der Waals surface area contributed by atoms with E-state index in [4.69, 9.17) is 4.74 Å². The van der Waals surface area contributed by atoms with Crippen molar-refractivity contribution in [1.29, 1.82) is 0 Å². The van der Waals surface area contributed by atoms with Gasteiger partial charge in [0, 0.05) is 37.5 Å². The summed E-state index contributed by atoms with van der Waals surface area (Å²) in [6.45, 7) is 4.91. The Labute approximate surface area is 326 Å². The fourth-order valence-corrected chi connectivity index (χ4v) is 8.41. The van der Waals surface area contributed by atoms with E-state index in [1.165, 1.54) is 0 Å². The molecular formula is C41H53N7O8. The first kappa shape index (κ1) is 40.7. The van der Waals surface area contributed by atoms with Gasteiger partial charge in [0.2, 0.25) is 5.91 Å². The first-order chi connectivity index (χ1) is 27.1. The van der Waals surface area contributed by atoms with Crippen LogP contribution in [0.4, 0.5) is 0 Å². The number of aliphatic carboxylic acids is 3. The van der Waals surface area contributed by atoms with Crippen molar-refractivity contribution in [3.8, 4) is 5.75 Å². The molecule has 3 aliphatic heterocycles. The molecule has 15 nitrogen and oxygen atoms in total. The number of nitrogens with zero attached hydrogens (tertiary/aromatic N) is 4. The topological polar surface area (TPSA) is 216 Å². The van der Waals surface area contributed by atoms with E-state index in [2.05, 4.69) is 30.9 Å². The van der Waals surface area contributed by atoms with Gasteiger partial charge >= 0.3 is 17.9 Å². The van der Waals surface area contributed by atoms with Crippen molar-refractivity contribution in [3.05, 3.63) is 83.2 Å². The summed E-state index contributed by atoms with van der Waals surface area (Å²) >= 11 is 0. The number of ether oxygens (including phenoxy) is 1. The van der Waals surface area contributed by atoms with Gasteiger partial charge in [0.25, 0.3) is 0 Å². The monoisotopic (exact) mass is 771 g/mol. The third kappa shape index (κ3) is 11.3. The molecule has 3 aromatic rings. The Balaban J connectivity index is 1.15. The number of carbonyl (C=O) groups excluding carboxylic acids is 1. The zero-order valence-corrected chi connectivity index (χ0v) is 31.6. The summed E-state index contributed by atoms with van der Waals surface area (Å²) in [7, 11) is 0. The van der Waals surface area contributed by atoms with Gasteiger partial charge in [0.05, 0.1) is 36.9 Å². The number of aromatic nitrogens is 3. The molecule has 3 aliphatic rings. The third-order valence-corrected chi connectivity index (χ3v) is 11.5. The highest BCUT2D eigenvalue weighted by atomic mass is 16.5. The largest absolute Gasteiger partial charge is 0.490 e. The number of carboxylic acids is 3. The first-order valence-electron chi connectivity index (χ1n) is 19.6. The maximum Gasteiger partial charge on any atom is 0.307 e. The maximum absolute atomic E-state index is 14.1. The van der Waals surface area contributed by atoms with E-state index < -0.39 is 35.7 Å². The highest BCUT2D eigenvalue weighted by Gasteiger charge is 2.33. The van der Waals surface area contributed by atoms with Gasteiger partial charge in [-0.1, -0.05) is 12.1 Å². The van der Waals surface area contributed by atoms with Crippen molar-refractivity contribution in [3.63, 3.8) is 0 Å². The Kier molecular flexibility index (Phi) is 14.3. The molecule has 0 unspecified atom stereocenters. The fourth-order valence-electron chi connectivity index (χ4n) is 8.41. The van der Waals surface area contributed by atoms with E-state index >= 15 is 0 Å². The van der Waals surface area contributed by atoms with Crippen molar-refractivity contribution < 1.29 is 39.2 Å². The van der Waals surface area contributed by atoms with Crippen LogP contribution in [0, 0.1) is 35.5 Å². The quantitative estimate of drug-likeness (QED) is 0.0971. The van der Waals surface area contributed by atoms with Crippen molar-refractivity contribution in [2.45, 2.75) is 51.5 Å². The first-order valence-corrected chi connectivity index (χ1v) is 19.6. The summed E-state index contributed by atoms with van der Waals surface area (Å²) in [5.41, 5.74) is 3.70. The minimum Gasteiger partial charge on any atom is -0.490 e. The van der Waals surface area contributed by atoms with Gasteiger partial charge in [-0.2, -0.15) is 0 Å². The summed E-state index contributed by atoms with van der Waals surface area (Å²) in [4.78, 5) is 65.3. The van der Waals surface area contributed by atoms with E-state index in [-0.39, 0.29) is 49.8 Å². The normalized spacial score (nSPS) is 21.0. The second-order valence-electron chi connectivity index (χ2n) is 15.5. The van der Waals surface area contributed by atoms with Crippen molar-refractivity contribution in [2.75, 3.05) is 52.4 Å². The van der Waals surface area contributed by atoms with Crippen molar-refractivity contribution in [2.24, 2.45) is 35.5 Å². The molecule has 6 rings (SSSR count). The molecule has 0 aliphatic carbocycles. The molecule has 15 heteroatoms. The van der Waals surface area contributed by atoms with Crippen molar-refractivity contribution >= 4 is 23.8 Å². The lowest BCUT2D eigenvalue weighted by atomic mass is 9.86. The van der Waals surface area contributed by atoms with Crippen LogP contribution in [-0.2, 0) is 51.4 Å². The Bertz CT molecular complexity index is 1810. The van der Waals surface area contributed by atoms with Gasteiger partial charge in [-0.25, -0.2) is 0 Å². The average Bonchev–Trinajstić information content (AvgIpc) is 4.00. The molecule has 56 heavy (non-hydrogen) atoms. The van der Waals surface area contributed by atoms with Gasteiger partial charge in [-0.05, 0) is 129 Å².